The summed E-state index contributed by atoms with van der Waals surface area (Å²) in [6.45, 7) is 2.09. The van der Waals surface area contributed by atoms with E-state index in [1.165, 1.54) is 5.56 Å². The maximum atomic E-state index is 5.19. The Balaban J connectivity index is 2.51. The van der Waals surface area contributed by atoms with Crippen LogP contribution < -0.4 is 4.74 Å². The number of methoxy groups -OCH3 is 1. The monoisotopic (exact) mass is 187 g/mol. The lowest BCUT2D eigenvalue weighted by atomic mass is 10.2. The van der Waals surface area contributed by atoms with Crippen LogP contribution in [0.2, 0.25) is 0 Å². The summed E-state index contributed by atoms with van der Waals surface area (Å²) in [7, 11) is 1.68. The Kier molecular flexibility index (Phi) is 2.27. The van der Waals surface area contributed by atoms with Gasteiger partial charge in [-0.15, -0.1) is 0 Å². The first-order valence-corrected chi connectivity index (χ1v) is 4.59. The molecule has 1 heterocycles. The topological polar surface area (TPSA) is 14.2 Å². The molecule has 1 aromatic carbocycles. The Labute approximate surface area is 83.8 Å². The number of hydrogen-bond acceptors (Lipinski definition) is 1. The van der Waals surface area contributed by atoms with Gasteiger partial charge in [0.25, 0.3) is 0 Å². The van der Waals surface area contributed by atoms with E-state index in [2.05, 4.69) is 17.6 Å². The number of ether oxygens (including phenoxy) is 1. The van der Waals surface area contributed by atoms with Crippen molar-refractivity contribution >= 4 is 0 Å². The lowest BCUT2D eigenvalue weighted by Crippen LogP contribution is -1.94. The van der Waals surface area contributed by atoms with Gasteiger partial charge in [-0.05, 0) is 30.7 Å². The molecule has 0 bridgehead atoms. The van der Waals surface area contributed by atoms with E-state index in [0.717, 1.165) is 11.4 Å². The van der Waals surface area contributed by atoms with Gasteiger partial charge in [0.15, 0.2) is 0 Å². The molecule has 0 N–H and O–H groups in total. The summed E-state index contributed by atoms with van der Waals surface area (Å²) in [4.78, 5) is 0. The highest BCUT2D eigenvalue weighted by Crippen LogP contribution is 2.20. The van der Waals surface area contributed by atoms with Crippen molar-refractivity contribution in [3.8, 4) is 11.4 Å². The van der Waals surface area contributed by atoms with Gasteiger partial charge >= 0.3 is 0 Å². The summed E-state index contributed by atoms with van der Waals surface area (Å²) in [6, 6.07) is 10.1. The summed E-state index contributed by atoms with van der Waals surface area (Å²) in [5.74, 6) is 0.888. The Morgan fingerprint density at radius 3 is 2.50 bits per heavy atom. The summed E-state index contributed by atoms with van der Waals surface area (Å²) in [5.41, 5.74) is 2.40. The van der Waals surface area contributed by atoms with Crippen LogP contribution in [0.1, 0.15) is 5.56 Å². The molecule has 0 amide bonds. The highest BCUT2D eigenvalue weighted by Gasteiger charge is 2.01. The summed E-state index contributed by atoms with van der Waals surface area (Å²) in [5, 5.41) is 0. The molecular weight excluding hydrogens is 174 g/mol. The molecule has 1 aromatic heterocycles. The average Bonchev–Trinajstić information content (AvgIpc) is 2.71. The second-order valence-electron chi connectivity index (χ2n) is 3.24. The van der Waals surface area contributed by atoms with Gasteiger partial charge in [0.1, 0.15) is 5.75 Å². The van der Waals surface area contributed by atoms with Crippen LogP contribution in [-0.2, 0) is 0 Å². The van der Waals surface area contributed by atoms with E-state index in [1.54, 1.807) is 7.11 Å². The van der Waals surface area contributed by atoms with Gasteiger partial charge in [-0.1, -0.05) is 6.07 Å². The third-order valence-corrected chi connectivity index (χ3v) is 2.30. The van der Waals surface area contributed by atoms with E-state index in [-0.39, 0.29) is 0 Å². The molecule has 2 heteroatoms. The summed E-state index contributed by atoms with van der Waals surface area (Å²) < 4.78 is 7.28. The number of benzene rings is 1. The number of nitrogens with zero attached hydrogens (tertiary/aromatic N) is 1. The normalized spacial score (nSPS) is 10.1. The minimum absolute atomic E-state index is 0.888. The number of rotatable bonds is 2. The van der Waals surface area contributed by atoms with Gasteiger partial charge in [-0.2, -0.15) is 0 Å². The Bertz CT molecular complexity index is 418. The molecule has 2 aromatic rings. The molecule has 0 unspecified atom stereocenters. The first-order valence-electron chi connectivity index (χ1n) is 4.59. The van der Waals surface area contributed by atoms with Crippen LogP contribution in [0.25, 0.3) is 5.69 Å². The Hall–Kier alpha value is -1.70. The zero-order valence-electron chi connectivity index (χ0n) is 8.40. The van der Waals surface area contributed by atoms with Crippen molar-refractivity contribution in [2.75, 3.05) is 7.11 Å². The first kappa shape index (κ1) is 8.88. The van der Waals surface area contributed by atoms with Crippen LogP contribution in [0.3, 0.4) is 0 Å². The van der Waals surface area contributed by atoms with Crippen molar-refractivity contribution in [1.82, 2.24) is 4.57 Å². The van der Waals surface area contributed by atoms with Gasteiger partial charge in [-0.25, -0.2) is 0 Å². The maximum absolute atomic E-state index is 5.19. The van der Waals surface area contributed by atoms with Crippen LogP contribution in [0.4, 0.5) is 0 Å². The third-order valence-electron chi connectivity index (χ3n) is 2.30. The second-order valence-corrected chi connectivity index (χ2v) is 3.24. The maximum Gasteiger partial charge on any atom is 0.120 e. The molecule has 72 valence electrons. The zero-order valence-corrected chi connectivity index (χ0v) is 8.40. The SMILES string of the molecule is COc1ccc(C)c(-n2cccc2)c1. The number of aromatic nitrogens is 1. The van der Waals surface area contributed by atoms with Crippen LogP contribution >= 0.6 is 0 Å². The molecule has 0 aliphatic rings. The fourth-order valence-electron chi connectivity index (χ4n) is 1.49. The molecule has 0 fully saturated rings. The average molecular weight is 187 g/mol. The number of hydrogen-bond donors (Lipinski definition) is 0. The summed E-state index contributed by atoms with van der Waals surface area (Å²) >= 11 is 0. The number of aryl methyl sites for hydroxylation is 1. The van der Waals surface area contributed by atoms with Gasteiger partial charge in [0.2, 0.25) is 0 Å². The van der Waals surface area contributed by atoms with Gasteiger partial charge < -0.3 is 9.30 Å². The summed E-state index contributed by atoms with van der Waals surface area (Å²) in [6.07, 6.45) is 4.06. The molecule has 0 atom stereocenters. The van der Waals surface area contributed by atoms with E-state index in [4.69, 9.17) is 4.74 Å². The lowest BCUT2D eigenvalue weighted by Gasteiger charge is -2.09. The highest BCUT2D eigenvalue weighted by atomic mass is 16.5. The molecule has 14 heavy (non-hydrogen) atoms. The molecular formula is C12H13NO. The van der Waals surface area contributed by atoms with Crippen molar-refractivity contribution < 1.29 is 4.74 Å². The van der Waals surface area contributed by atoms with Crippen LogP contribution in [0, 0.1) is 6.92 Å². The van der Waals surface area contributed by atoms with Crippen molar-refractivity contribution in [3.05, 3.63) is 48.3 Å². The van der Waals surface area contributed by atoms with E-state index in [1.807, 2.05) is 36.7 Å². The Morgan fingerprint density at radius 2 is 1.86 bits per heavy atom. The molecule has 0 aliphatic carbocycles. The molecule has 2 rings (SSSR count). The molecule has 0 spiro atoms. The highest BCUT2D eigenvalue weighted by molar-refractivity contribution is 5.46. The zero-order chi connectivity index (χ0) is 9.97. The van der Waals surface area contributed by atoms with Crippen LogP contribution in [-0.4, -0.2) is 11.7 Å². The van der Waals surface area contributed by atoms with Gasteiger partial charge in [-0.3, -0.25) is 0 Å². The second kappa shape index (κ2) is 3.58. The predicted molar refractivity (Wildman–Crippen MR) is 57.1 cm³/mol. The van der Waals surface area contributed by atoms with E-state index >= 15 is 0 Å². The third kappa shape index (κ3) is 1.51. The quantitative estimate of drug-likeness (QED) is 0.705. The van der Waals surface area contributed by atoms with E-state index < -0.39 is 0 Å². The van der Waals surface area contributed by atoms with E-state index in [9.17, 15) is 0 Å². The van der Waals surface area contributed by atoms with Crippen LogP contribution in [0.5, 0.6) is 5.75 Å². The van der Waals surface area contributed by atoms with Crippen molar-refractivity contribution in [3.63, 3.8) is 0 Å². The van der Waals surface area contributed by atoms with Crippen molar-refractivity contribution in [2.45, 2.75) is 6.92 Å². The first-order chi connectivity index (χ1) is 6.81. The largest absolute Gasteiger partial charge is 0.497 e. The molecule has 2 nitrogen and oxygen atoms in total. The van der Waals surface area contributed by atoms with Crippen molar-refractivity contribution in [2.24, 2.45) is 0 Å². The smallest absolute Gasteiger partial charge is 0.120 e. The van der Waals surface area contributed by atoms with Crippen molar-refractivity contribution in [1.29, 1.82) is 0 Å². The van der Waals surface area contributed by atoms with Gasteiger partial charge in [0, 0.05) is 18.5 Å². The fraction of sp³-hybridized carbons (Fsp3) is 0.167. The van der Waals surface area contributed by atoms with Crippen LogP contribution in [0.15, 0.2) is 42.7 Å². The molecule has 0 aliphatic heterocycles. The molecule has 0 radical (unpaired) electrons. The van der Waals surface area contributed by atoms with Gasteiger partial charge in [0.05, 0.1) is 12.8 Å². The standard InChI is InChI=1S/C12H13NO/c1-10-5-6-11(14-2)9-12(10)13-7-3-4-8-13/h3-9H,1-2H3. The predicted octanol–water partition coefficient (Wildman–Crippen LogP) is 2.79. The minimum Gasteiger partial charge on any atom is -0.497 e. The molecule has 0 saturated carbocycles. The van der Waals surface area contributed by atoms with E-state index in [0.29, 0.717) is 0 Å². The minimum atomic E-state index is 0.888. The fourth-order valence-corrected chi connectivity index (χ4v) is 1.49. The lowest BCUT2D eigenvalue weighted by molar-refractivity contribution is 0.414. The Morgan fingerprint density at radius 1 is 1.14 bits per heavy atom. The molecule has 0 saturated heterocycles.